The topological polar surface area (TPSA) is 62.2 Å². The molecule has 15 heavy (non-hydrogen) atoms. The highest BCUT2D eigenvalue weighted by Crippen LogP contribution is 2.32. The van der Waals surface area contributed by atoms with Crippen molar-refractivity contribution in [2.24, 2.45) is 5.92 Å². The van der Waals surface area contributed by atoms with Gasteiger partial charge in [-0.05, 0) is 36.5 Å². The molecule has 0 radical (unpaired) electrons. The molecular formula is C11H14N2O2. The van der Waals surface area contributed by atoms with Gasteiger partial charge in [-0.2, -0.15) is 0 Å². The SMILES string of the molecule is O=C(O)C(NCc1ccncc1)C1CC1. The second kappa shape index (κ2) is 4.40. The summed E-state index contributed by atoms with van der Waals surface area (Å²) < 4.78 is 0. The van der Waals surface area contributed by atoms with Crippen LogP contribution in [-0.4, -0.2) is 22.1 Å². The maximum atomic E-state index is 10.9. The molecule has 0 saturated heterocycles. The number of nitrogens with one attached hydrogen (secondary N) is 1. The van der Waals surface area contributed by atoms with E-state index in [1.165, 1.54) is 0 Å². The highest BCUT2D eigenvalue weighted by atomic mass is 16.4. The molecule has 1 heterocycles. The summed E-state index contributed by atoms with van der Waals surface area (Å²) in [5.41, 5.74) is 1.07. The number of hydrogen-bond acceptors (Lipinski definition) is 3. The van der Waals surface area contributed by atoms with Crippen LogP contribution in [0.2, 0.25) is 0 Å². The fourth-order valence-corrected chi connectivity index (χ4v) is 1.61. The molecule has 0 amide bonds. The fraction of sp³-hybridized carbons (Fsp3) is 0.455. The lowest BCUT2D eigenvalue weighted by Gasteiger charge is -2.13. The first-order chi connectivity index (χ1) is 7.27. The average molecular weight is 206 g/mol. The van der Waals surface area contributed by atoms with E-state index in [-0.39, 0.29) is 0 Å². The predicted octanol–water partition coefficient (Wildman–Crippen LogP) is 1.03. The standard InChI is InChI=1S/C11H14N2O2/c14-11(15)10(9-1-2-9)13-7-8-3-5-12-6-4-8/h3-6,9-10,13H,1-2,7H2,(H,14,15). The summed E-state index contributed by atoms with van der Waals surface area (Å²) in [4.78, 5) is 14.8. The van der Waals surface area contributed by atoms with Crippen molar-refractivity contribution in [3.05, 3.63) is 30.1 Å². The van der Waals surface area contributed by atoms with Crippen LogP contribution in [0.1, 0.15) is 18.4 Å². The quantitative estimate of drug-likeness (QED) is 0.755. The summed E-state index contributed by atoms with van der Waals surface area (Å²) in [5.74, 6) is -0.420. The molecule has 1 aliphatic carbocycles. The van der Waals surface area contributed by atoms with Crippen LogP contribution < -0.4 is 5.32 Å². The molecule has 1 unspecified atom stereocenters. The molecule has 2 N–H and O–H groups in total. The molecule has 80 valence electrons. The van der Waals surface area contributed by atoms with Gasteiger partial charge in [0.25, 0.3) is 0 Å². The Morgan fingerprint density at radius 1 is 1.53 bits per heavy atom. The first kappa shape index (κ1) is 10.1. The van der Waals surface area contributed by atoms with Crippen LogP contribution in [0.15, 0.2) is 24.5 Å². The zero-order chi connectivity index (χ0) is 10.7. The number of aliphatic carboxylic acids is 1. The lowest BCUT2D eigenvalue weighted by Crippen LogP contribution is -2.38. The van der Waals surface area contributed by atoms with E-state index in [0.29, 0.717) is 12.5 Å². The number of nitrogens with zero attached hydrogens (tertiary/aromatic N) is 1. The minimum atomic E-state index is -0.744. The Balaban J connectivity index is 1.88. The Labute approximate surface area is 88.3 Å². The van der Waals surface area contributed by atoms with Crippen LogP contribution in [0.4, 0.5) is 0 Å². The molecule has 0 aliphatic heterocycles. The Morgan fingerprint density at radius 2 is 2.20 bits per heavy atom. The highest BCUT2D eigenvalue weighted by Gasteiger charge is 2.35. The van der Waals surface area contributed by atoms with Crippen molar-refractivity contribution in [1.29, 1.82) is 0 Å². The zero-order valence-electron chi connectivity index (χ0n) is 8.39. The maximum Gasteiger partial charge on any atom is 0.320 e. The summed E-state index contributed by atoms with van der Waals surface area (Å²) in [6.07, 6.45) is 5.48. The Morgan fingerprint density at radius 3 is 2.73 bits per heavy atom. The summed E-state index contributed by atoms with van der Waals surface area (Å²) in [5, 5.41) is 12.1. The van der Waals surface area contributed by atoms with Crippen LogP contribution in [-0.2, 0) is 11.3 Å². The molecule has 1 atom stereocenters. The number of pyridine rings is 1. The summed E-state index contributed by atoms with van der Waals surface area (Å²) >= 11 is 0. The van der Waals surface area contributed by atoms with Gasteiger partial charge in [0.2, 0.25) is 0 Å². The smallest absolute Gasteiger partial charge is 0.320 e. The first-order valence-corrected chi connectivity index (χ1v) is 5.12. The van der Waals surface area contributed by atoms with E-state index >= 15 is 0 Å². The second-order valence-electron chi connectivity index (χ2n) is 3.89. The van der Waals surface area contributed by atoms with E-state index in [9.17, 15) is 4.79 Å². The molecule has 0 aromatic carbocycles. The minimum Gasteiger partial charge on any atom is -0.480 e. The molecule has 1 fully saturated rings. The molecule has 1 aromatic heterocycles. The summed E-state index contributed by atoms with van der Waals surface area (Å²) in [6.45, 7) is 0.593. The Bertz CT molecular complexity index is 336. The summed E-state index contributed by atoms with van der Waals surface area (Å²) in [6, 6.07) is 3.38. The molecule has 4 heteroatoms. The number of rotatable bonds is 5. The van der Waals surface area contributed by atoms with Crippen molar-refractivity contribution in [3.63, 3.8) is 0 Å². The third-order valence-corrected chi connectivity index (χ3v) is 2.63. The third-order valence-electron chi connectivity index (χ3n) is 2.63. The normalized spacial score (nSPS) is 17.3. The van der Waals surface area contributed by atoms with Gasteiger partial charge in [0.1, 0.15) is 6.04 Å². The Hall–Kier alpha value is -1.42. The average Bonchev–Trinajstić information content (AvgIpc) is 3.03. The highest BCUT2D eigenvalue weighted by molar-refractivity contribution is 5.74. The van der Waals surface area contributed by atoms with E-state index in [1.807, 2.05) is 12.1 Å². The van der Waals surface area contributed by atoms with Crippen molar-refractivity contribution < 1.29 is 9.90 Å². The predicted molar refractivity (Wildman–Crippen MR) is 55.2 cm³/mol. The molecule has 1 aliphatic rings. The largest absolute Gasteiger partial charge is 0.480 e. The second-order valence-corrected chi connectivity index (χ2v) is 3.89. The molecule has 1 saturated carbocycles. The first-order valence-electron chi connectivity index (χ1n) is 5.12. The van der Waals surface area contributed by atoms with Crippen LogP contribution in [0, 0.1) is 5.92 Å². The van der Waals surface area contributed by atoms with Crippen LogP contribution in [0.3, 0.4) is 0 Å². The molecule has 0 spiro atoms. The molecular weight excluding hydrogens is 192 g/mol. The molecule has 4 nitrogen and oxygen atoms in total. The van der Waals surface area contributed by atoms with Gasteiger partial charge in [0.05, 0.1) is 0 Å². The van der Waals surface area contributed by atoms with Crippen molar-refractivity contribution in [1.82, 2.24) is 10.3 Å². The third kappa shape index (κ3) is 2.76. The number of hydrogen-bond donors (Lipinski definition) is 2. The van der Waals surface area contributed by atoms with Gasteiger partial charge in [-0.25, -0.2) is 0 Å². The Kier molecular flexibility index (Phi) is 2.97. The monoisotopic (exact) mass is 206 g/mol. The van der Waals surface area contributed by atoms with E-state index < -0.39 is 12.0 Å². The van der Waals surface area contributed by atoms with E-state index in [1.54, 1.807) is 12.4 Å². The van der Waals surface area contributed by atoms with Crippen molar-refractivity contribution in [2.75, 3.05) is 0 Å². The lowest BCUT2D eigenvalue weighted by molar-refractivity contribution is -0.140. The van der Waals surface area contributed by atoms with Gasteiger partial charge >= 0.3 is 5.97 Å². The summed E-state index contributed by atoms with van der Waals surface area (Å²) in [7, 11) is 0. The van der Waals surface area contributed by atoms with E-state index in [2.05, 4.69) is 10.3 Å². The van der Waals surface area contributed by atoms with Gasteiger partial charge in [0.15, 0.2) is 0 Å². The van der Waals surface area contributed by atoms with Crippen molar-refractivity contribution in [3.8, 4) is 0 Å². The van der Waals surface area contributed by atoms with Gasteiger partial charge < -0.3 is 10.4 Å². The lowest BCUT2D eigenvalue weighted by atomic mass is 10.1. The van der Waals surface area contributed by atoms with Crippen LogP contribution in [0.5, 0.6) is 0 Å². The number of carbonyl (C=O) groups is 1. The van der Waals surface area contributed by atoms with E-state index in [4.69, 9.17) is 5.11 Å². The van der Waals surface area contributed by atoms with Gasteiger partial charge in [-0.1, -0.05) is 0 Å². The van der Waals surface area contributed by atoms with Crippen LogP contribution in [0.25, 0.3) is 0 Å². The van der Waals surface area contributed by atoms with Crippen molar-refractivity contribution in [2.45, 2.75) is 25.4 Å². The minimum absolute atomic E-state index is 0.323. The maximum absolute atomic E-state index is 10.9. The number of carboxylic acid groups (broad SMARTS) is 1. The van der Waals surface area contributed by atoms with Gasteiger partial charge in [-0.15, -0.1) is 0 Å². The van der Waals surface area contributed by atoms with Crippen LogP contribution >= 0.6 is 0 Å². The zero-order valence-corrected chi connectivity index (χ0v) is 8.39. The number of carboxylic acids is 1. The molecule has 0 bridgehead atoms. The molecule has 1 aromatic rings. The molecule has 2 rings (SSSR count). The van der Waals surface area contributed by atoms with Gasteiger partial charge in [-0.3, -0.25) is 9.78 Å². The fourth-order valence-electron chi connectivity index (χ4n) is 1.61. The van der Waals surface area contributed by atoms with E-state index in [0.717, 1.165) is 18.4 Å². The number of aromatic nitrogens is 1. The van der Waals surface area contributed by atoms with Crippen molar-refractivity contribution >= 4 is 5.97 Å². The van der Waals surface area contributed by atoms with Gasteiger partial charge in [0, 0.05) is 18.9 Å².